The molecule has 0 bridgehead atoms. The second-order valence-corrected chi connectivity index (χ2v) is 5.98. The number of carboxylic acids is 1. The van der Waals surface area contributed by atoms with Gasteiger partial charge < -0.3 is 10.1 Å². The molecule has 0 aliphatic carbocycles. The zero-order valence-corrected chi connectivity index (χ0v) is 14.7. The summed E-state index contributed by atoms with van der Waals surface area (Å²) in [7, 11) is 0. The molecule has 10 heteroatoms. The van der Waals surface area contributed by atoms with Crippen LogP contribution in [0, 0.1) is 0 Å². The van der Waals surface area contributed by atoms with Crippen molar-refractivity contribution in [1.29, 1.82) is 0 Å². The lowest BCUT2D eigenvalue weighted by Gasteiger charge is -2.11. The standard InChI is InChI=1S/C15H17N5.C2HF3O2/c1-10(2)6-11(3)20-8-12(7-19-20)14-13-4-5-16-15(13)18-9-17-14;3-2(4,5)1(6)7/h4-5,7-9,11H,1,6H2,2-3H3,(H,16,17,18);(H,6,7). The molecular weight excluding hydrogens is 363 g/mol. The Balaban J connectivity index is 0.000000321. The summed E-state index contributed by atoms with van der Waals surface area (Å²) in [6.07, 6.45) is 3.16. The summed E-state index contributed by atoms with van der Waals surface area (Å²) in [5, 5.41) is 12.6. The quantitative estimate of drug-likeness (QED) is 0.666. The normalized spacial score (nSPS) is 12.3. The Labute approximate surface area is 152 Å². The van der Waals surface area contributed by atoms with Gasteiger partial charge in [-0.2, -0.15) is 18.3 Å². The highest BCUT2D eigenvalue weighted by Crippen LogP contribution is 2.25. The second-order valence-electron chi connectivity index (χ2n) is 5.98. The fraction of sp³-hybridized carbons (Fsp3) is 0.294. The van der Waals surface area contributed by atoms with Gasteiger partial charge in [0.1, 0.15) is 12.0 Å². The summed E-state index contributed by atoms with van der Waals surface area (Å²) in [4.78, 5) is 20.6. The van der Waals surface area contributed by atoms with Crippen molar-refractivity contribution in [3.63, 3.8) is 0 Å². The van der Waals surface area contributed by atoms with Crippen LogP contribution < -0.4 is 0 Å². The van der Waals surface area contributed by atoms with Gasteiger partial charge >= 0.3 is 12.1 Å². The highest BCUT2D eigenvalue weighted by atomic mass is 19.4. The van der Waals surface area contributed by atoms with Crippen molar-refractivity contribution in [2.45, 2.75) is 32.5 Å². The monoisotopic (exact) mass is 381 g/mol. The van der Waals surface area contributed by atoms with Gasteiger partial charge in [0.05, 0.1) is 17.9 Å². The Hall–Kier alpha value is -3.17. The van der Waals surface area contributed by atoms with Gasteiger partial charge in [0.15, 0.2) is 0 Å². The molecule has 3 aromatic heterocycles. The molecule has 144 valence electrons. The number of hydrogen-bond donors (Lipinski definition) is 2. The number of carboxylic acid groups (broad SMARTS) is 1. The molecule has 0 saturated heterocycles. The van der Waals surface area contributed by atoms with E-state index in [2.05, 4.69) is 33.6 Å². The van der Waals surface area contributed by atoms with E-state index < -0.39 is 12.1 Å². The van der Waals surface area contributed by atoms with E-state index in [0.717, 1.165) is 34.3 Å². The molecule has 0 aliphatic heterocycles. The number of allylic oxidation sites excluding steroid dienone is 1. The molecule has 3 heterocycles. The first-order chi connectivity index (χ1) is 12.6. The van der Waals surface area contributed by atoms with E-state index in [9.17, 15) is 13.2 Å². The molecular formula is C17H18F3N5O2. The first-order valence-electron chi connectivity index (χ1n) is 7.86. The minimum atomic E-state index is -5.08. The minimum Gasteiger partial charge on any atom is -0.475 e. The van der Waals surface area contributed by atoms with Crippen LogP contribution in [0.3, 0.4) is 0 Å². The van der Waals surface area contributed by atoms with E-state index in [1.165, 1.54) is 0 Å². The van der Waals surface area contributed by atoms with Crippen LogP contribution >= 0.6 is 0 Å². The highest BCUT2D eigenvalue weighted by molar-refractivity contribution is 5.89. The summed E-state index contributed by atoms with van der Waals surface area (Å²) < 4.78 is 33.7. The number of nitrogens with zero attached hydrogens (tertiary/aromatic N) is 4. The predicted molar refractivity (Wildman–Crippen MR) is 92.9 cm³/mol. The molecule has 3 aromatic rings. The summed E-state index contributed by atoms with van der Waals surface area (Å²) in [5.41, 5.74) is 3.91. The molecule has 1 atom stereocenters. The lowest BCUT2D eigenvalue weighted by molar-refractivity contribution is -0.192. The average molecular weight is 381 g/mol. The number of fused-ring (bicyclic) bond motifs is 1. The maximum atomic E-state index is 10.6. The van der Waals surface area contributed by atoms with E-state index in [4.69, 9.17) is 9.90 Å². The van der Waals surface area contributed by atoms with Crippen molar-refractivity contribution in [1.82, 2.24) is 24.7 Å². The van der Waals surface area contributed by atoms with Crippen molar-refractivity contribution in [3.8, 4) is 11.3 Å². The third-order valence-corrected chi connectivity index (χ3v) is 3.57. The maximum Gasteiger partial charge on any atom is 0.490 e. The topological polar surface area (TPSA) is 96.7 Å². The van der Waals surface area contributed by atoms with Crippen molar-refractivity contribution >= 4 is 17.0 Å². The Morgan fingerprint density at radius 2 is 2.07 bits per heavy atom. The van der Waals surface area contributed by atoms with Crippen LogP contribution in [0.2, 0.25) is 0 Å². The van der Waals surface area contributed by atoms with Crippen LogP contribution in [0.25, 0.3) is 22.3 Å². The number of nitrogens with one attached hydrogen (secondary N) is 1. The third-order valence-electron chi connectivity index (χ3n) is 3.57. The first kappa shape index (κ1) is 20.1. The molecule has 0 saturated carbocycles. The molecule has 0 spiro atoms. The first-order valence-corrected chi connectivity index (χ1v) is 7.86. The zero-order valence-electron chi connectivity index (χ0n) is 14.7. The van der Waals surface area contributed by atoms with E-state index in [-0.39, 0.29) is 0 Å². The number of hydrogen-bond acceptors (Lipinski definition) is 4. The van der Waals surface area contributed by atoms with Crippen molar-refractivity contribution < 1.29 is 23.1 Å². The summed E-state index contributed by atoms with van der Waals surface area (Å²) in [6, 6.07) is 2.28. The van der Waals surface area contributed by atoms with Gasteiger partial charge in [-0.05, 0) is 26.3 Å². The summed E-state index contributed by atoms with van der Waals surface area (Å²) >= 11 is 0. The fourth-order valence-electron chi connectivity index (χ4n) is 2.40. The van der Waals surface area contributed by atoms with Crippen molar-refractivity contribution in [3.05, 3.63) is 43.1 Å². The van der Waals surface area contributed by atoms with E-state index in [1.54, 1.807) is 6.33 Å². The number of aliphatic carboxylic acids is 1. The number of aromatic amines is 1. The van der Waals surface area contributed by atoms with Crippen LogP contribution in [0.1, 0.15) is 26.3 Å². The third kappa shape index (κ3) is 5.16. The number of carbonyl (C=O) groups is 1. The van der Waals surface area contributed by atoms with Gasteiger partial charge in [0, 0.05) is 23.3 Å². The Morgan fingerprint density at radius 1 is 1.41 bits per heavy atom. The van der Waals surface area contributed by atoms with Gasteiger partial charge in [-0.25, -0.2) is 14.8 Å². The average Bonchev–Trinajstić information content (AvgIpc) is 3.23. The summed E-state index contributed by atoms with van der Waals surface area (Å²) in [5.74, 6) is -2.76. The molecule has 0 aliphatic rings. The number of alkyl halides is 3. The maximum absolute atomic E-state index is 10.6. The largest absolute Gasteiger partial charge is 0.490 e. The smallest absolute Gasteiger partial charge is 0.475 e. The van der Waals surface area contributed by atoms with Crippen molar-refractivity contribution in [2.24, 2.45) is 0 Å². The summed E-state index contributed by atoms with van der Waals surface area (Å²) in [6.45, 7) is 8.13. The van der Waals surface area contributed by atoms with Crippen molar-refractivity contribution in [2.75, 3.05) is 0 Å². The Bertz CT molecular complexity index is 945. The van der Waals surface area contributed by atoms with E-state index in [1.807, 2.05) is 36.3 Å². The molecule has 3 rings (SSSR count). The van der Waals surface area contributed by atoms with Gasteiger partial charge in [0.25, 0.3) is 0 Å². The molecule has 0 amide bonds. The van der Waals surface area contributed by atoms with E-state index in [0.29, 0.717) is 6.04 Å². The molecule has 0 fully saturated rings. The van der Waals surface area contributed by atoms with Gasteiger partial charge in [-0.1, -0.05) is 5.57 Å². The fourth-order valence-corrected chi connectivity index (χ4v) is 2.40. The second kappa shape index (κ2) is 8.02. The predicted octanol–water partition coefficient (Wildman–Crippen LogP) is 3.98. The van der Waals surface area contributed by atoms with Gasteiger partial charge in [-0.15, -0.1) is 6.58 Å². The Kier molecular flexibility index (Phi) is 5.98. The van der Waals surface area contributed by atoms with Gasteiger partial charge in [-0.3, -0.25) is 4.68 Å². The molecule has 0 radical (unpaired) electrons. The zero-order chi connectivity index (χ0) is 20.2. The van der Waals surface area contributed by atoms with Crippen LogP contribution in [-0.4, -0.2) is 42.0 Å². The molecule has 7 nitrogen and oxygen atoms in total. The molecule has 2 N–H and O–H groups in total. The lowest BCUT2D eigenvalue weighted by Crippen LogP contribution is -2.21. The van der Waals surface area contributed by atoms with Crippen LogP contribution in [0.15, 0.2) is 43.1 Å². The lowest BCUT2D eigenvalue weighted by atomic mass is 10.1. The van der Waals surface area contributed by atoms with E-state index >= 15 is 0 Å². The van der Waals surface area contributed by atoms with Crippen LogP contribution in [0.5, 0.6) is 0 Å². The Morgan fingerprint density at radius 3 is 2.67 bits per heavy atom. The molecule has 1 unspecified atom stereocenters. The van der Waals surface area contributed by atoms with Crippen LogP contribution in [-0.2, 0) is 4.79 Å². The van der Waals surface area contributed by atoms with Gasteiger partial charge in [0.2, 0.25) is 0 Å². The molecule has 0 aromatic carbocycles. The number of rotatable bonds is 4. The SMILES string of the molecule is C=C(C)CC(C)n1cc(-c2ncnc3[nH]ccc23)cn1.O=C(O)C(F)(F)F. The molecule has 27 heavy (non-hydrogen) atoms. The minimum absolute atomic E-state index is 0.296. The number of H-pyrrole nitrogens is 1. The number of halogens is 3. The van der Waals surface area contributed by atoms with Crippen LogP contribution in [0.4, 0.5) is 13.2 Å². The number of aromatic nitrogens is 5. The highest BCUT2D eigenvalue weighted by Gasteiger charge is 2.38.